The maximum Gasteiger partial charge on any atom is 0.347 e. The van der Waals surface area contributed by atoms with Crippen LogP contribution < -0.4 is 5.69 Å². The quantitative estimate of drug-likeness (QED) is 0.759. The number of hydrogen-bond acceptors (Lipinski definition) is 2. The summed E-state index contributed by atoms with van der Waals surface area (Å²) in [5, 5.41) is 0.862. The van der Waals surface area contributed by atoms with Gasteiger partial charge in [0.05, 0.1) is 0 Å². The number of hydrogen-bond donors (Lipinski definition) is 0. The van der Waals surface area contributed by atoms with Gasteiger partial charge in [-0.3, -0.25) is 4.57 Å². The summed E-state index contributed by atoms with van der Waals surface area (Å²) in [6.45, 7) is 4.88. The molecule has 0 N–H and O–H groups in total. The second-order valence-corrected chi connectivity index (χ2v) is 4.39. The summed E-state index contributed by atoms with van der Waals surface area (Å²) >= 11 is 3.42. The SMILES string of the molecule is CC(C)(CBr)Cn1cccnc1=O. The van der Waals surface area contributed by atoms with E-state index in [9.17, 15) is 4.79 Å². The summed E-state index contributed by atoms with van der Waals surface area (Å²) in [5.41, 5.74) is -0.108. The lowest BCUT2D eigenvalue weighted by atomic mass is 9.97. The molecule has 0 aliphatic rings. The van der Waals surface area contributed by atoms with Crippen LogP contribution in [0.4, 0.5) is 0 Å². The summed E-state index contributed by atoms with van der Waals surface area (Å²) < 4.78 is 1.63. The molecule has 4 heteroatoms. The molecule has 0 radical (unpaired) electrons. The Labute approximate surface area is 85.9 Å². The van der Waals surface area contributed by atoms with Gasteiger partial charge in [-0.05, 0) is 11.5 Å². The first-order valence-electron chi connectivity index (χ1n) is 4.12. The van der Waals surface area contributed by atoms with Gasteiger partial charge in [-0.25, -0.2) is 9.78 Å². The molecule has 0 saturated carbocycles. The van der Waals surface area contributed by atoms with E-state index in [1.54, 1.807) is 16.8 Å². The van der Waals surface area contributed by atoms with Crippen LogP contribution in [-0.4, -0.2) is 14.9 Å². The number of alkyl halides is 1. The van der Waals surface area contributed by atoms with Crippen molar-refractivity contribution in [3.05, 3.63) is 28.9 Å². The Kier molecular flexibility index (Phi) is 3.25. The fourth-order valence-corrected chi connectivity index (χ4v) is 1.19. The molecule has 0 aliphatic carbocycles. The zero-order chi connectivity index (χ0) is 9.90. The summed E-state index contributed by atoms with van der Waals surface area (Å²) in [4.78, 5) is 14.9. The van der Waals surface area contributed by atoms with Gasteiger partial charge in [0.15, 0.2) is 0 Å². The molecule has 0 saturated heterocycles. The normalized spacial score (nSPS) is 11.6. The highest BCUT2D eigenvalue weighted by molar-refractivity contribution is 9.09. The molecule has 0 bridgehead atoms. The molecule has 0 spiro atoms. The highest BCUT2D eigenvalue weighted by Gasteiger charge is 2.17. The number of aromatic nitrogens is 2. The molecule has 0 aromatic carbocycles. The third-order valence-electron chi connectivity index (χ3n) is 1.74. The topological polar surface area (TPSA) is 34.9 Å². The molecule has 0 atom stereocenters. The number of halogens is 1. The van der Waals surface area contributed by atoms with E-state index >= 15 is 0 Å². The molecular formula is C9H13BrN2O. The van der Waals surface area contributed by atoms with Crippen LogP contribution >= 0.6 is 15.9 Å². The Balaban J connectivity index is 2.87. The van der Waals surface area contributed by atoms with Crippen LogP contribution in [0.25, 0.3) is 0 Å². The lowest BCUT2D eigenvalue weighted by molar-refractivity contribution is 0.346. The largest absolute Gasteiger partial charge is 0.347 e. The van der Waals surface area contributed by atoms with Crippen molar-refractivity contribution in [3.8, 4) is 0 Å². The van der Waals surface area contributed by atoms with Gasteiger partial charge in [0, 0.05) is 24.3 Å². The van der Waals surface area contributed by atoms with E-state index in [0.29, 0.717) is 6.54 Å². The maximum atomic E-state index is 11.2. The van der Waals surface area contributed by atoms with Crippen molar-refractivity contribution < 1.29 is 0 Å². The number of rotatable bonds is 3. The molecule has 1 rings (SSSR count). The standard InChI is InChI=1S/C9H13BrN2O/c1-9(2,6-10)7-12-5-3-4-11-8(12)13/h3-5H,6-7H2,1-2H3. The molecular weight excluding hydrogens is 232 g/mol. The minimum atomic E-state index is -0.184. The Morgan fingerprint density at radius 2 is 2.31 bits per heavy atom. The number of nitrogens with zero attached hydrogens (tertiary/aromatic N) is 2. The van der Waals surface area contributed by atoms with Crippen LogP contribution in [0.3, 0.4) is 0 Å². The monoisotopic (exact) mass is 244 g/mol. The van der Waals surface area contributed by atoms with Crippen molar-refractivity contribution in [2.24, 2.45) is 5.41 Å². The lowest BCUT2D eigenvalue weighted by Crippen LogP contribution is -2.30. The molecule has 72 valence electrons. The summed E-state index contributed by atoms with van der Waals surface area (Å²) in [6, 6.07) is 1.77. The van der Waals surface area contributed by atoms with Gasteiger partial charge < -0.3 is 0 Å². The molecule has 1 aromatic rings. The van der Waals surface area contributed by atoms with E-state index in [2.05, 4.69) is 34.8 Å². The first-order chi connectivity index (χ1) is 6.05. The average Bonchev–Trinajstić information content (AvgIpc) is 2.09. The van der Waals surface area contributed by atoms with E-state index in [4.69, 9.17) is 0 Å². The van der Waals surface area contributed by atoms with Gasteiger partial charge in [0.1, 0.15) is 0 Å². The molecule has 1 aromatic heterocycles. The van der Waals surface area contributed by atoms with Crippen LogP contribution in [0.5, 0.6) is 0 Å². The summed E-state index contributed by atoms with van der Waals surface area (Å²) in [5.74, 6) is 0. The van der Waals surface area contributed by atoms with Gasteiger partial charge in [0.2, 0.25) is 0 Å². The van der Waals surface area contributed by atoms with Crippen LogP contribution in [0, 0.1) is 5.41 Å². The zero-order valence-electron chi connectivity index (χ0n) is 7.83. The average molecular weight is 245 g/mol. The van der Waals surface area contributed by atoms with Crippen molar-refractivity contribution in [2.75, 3.05) is 5.33 Å². The predicted octanol–water partition coefficient (Wildman–Crippen LogP) is 1.66. The molecule has 3 nitrogen and oxygen atoms in total. The second-order valence-electron chi connectivity index (χ2n) is 3.83. The van der Waals surface area contributed by atoms with E-state index in [0.717, 1.165) is 5.33 Å². The maximum absolute atomic E-state index is 11.2. The minimum absolute atomic E-state index is 0.0762. The van der Waals surface area contributed by atoms with Crippen molar-refractivity contribution in [1.82, 2.24) is 9.55 Å². The van der Waals surface area contributed by atoms with Gasteiger partial charge in [-0.15, -0.1) is 0 Å². The molecule has 0 unspecified atom stereocenters. The molecule has 0 amide bonds. The van der Waals surface area contributed by atoms with Gasteiger partial charge in [-0.2, -0.15) is 0 Å². The highest BCUT2D eigenvalue weighted by Crippen LogP contribution is 2.19. The molecule has 1 heterocycles. The van der Waals surface area contributed by atoms with Crippen LogP contribution in [0.1, 0.15) is 13.8 Å². The van der Waals surface area contributed by atoms with Crippen LogP contribution in [-0.2, 0) is 6.54 Å². The van der Waals surface area contributed by atoms with Crippen LogP contribution in [0.15, 0.2) is 23.3 Å². The van der Waals surface area contributed by atoms with Gasteiger partial charge >= 0.3 is 5.69 Å². The zero-order valence-corrected chi connectivity index (χ0v) is 9.41. The molecule has 0 fully saturated rings. The third-order valence-corrected chi connectivity index (χ3v) is 3.26. The Bertz CT molecular complexity index is 332. The fraction of sp³-hybridized carbons (Fsp3) is 0.556. The third kappa shape index (κ3) is 2.95. The Morgan fingerprint density at radius 3 is 2.85 bits per heavy atom. The summed E-state index contributed by atoms with van der Waals surface area (Å²) in [7, 11) is 0. The van der Waals surface area contributed by atoms with Crippen molar-refractivity contribution in [1.29, 1.82) is 0 Å². The van der Waals surface area contributed by atoms with Crippen molar-refractivity contribution in [3.63, 3.8) is 0 Å². The minimum Gasteiger partial charge on any atom is -0.299 e. The van der Waals surface area contributed by atoms with Crippen molar-refractivity contribution >= 4 is 15.9 Å². The van der Waals surface area contributed by atoms with E-state index in [-0.39, 0.29) is 11.1 Å². The van der Waals surface area contributed by atoms with E-state index in [1.807, 2.05) is 0 Å². The van der Waals surface area contributed by atoms with Crippen molar-refractivity contribution in [2.45, 2.75) is 20.4 Å². The van der Waals surface area contributed by atoms with E-state index < -0.39 is 0 Å². The fourth-order valence-electron chi connectivity index (χ4n) is 1.01. The molecule has 0 aliphatic heterocycles. The first kappa shape index (κ1) is 10.4. The van der Waals surface area contributed by atoms with Crippen LogP contribution in [0.2, 0.25) is 0 Å². The smallest absolute Gasteiger partial charge is 0.299 e. The highest BCUT2D eigenvalue weighted by atomic mass is 79.9. The predicted molar refractivity (Wildman–Crippen MR) is 56.1 cm³/mol. The molecule has 13 heavy (non-hydrogen) atoms. The Hall–Kier alpha value is -0.640. The van der Waals surface area contributed by atoms with E-state index in [1.165, 1.54) is 6.20 Å². The Morgan fingerprint density at radius 1 is 1.62 bits per heavy atom. The summed E-state index contributed by atoms with van der Waals surface area (Å²) in [6.07, 6.45) is 3.28. The van der Waals surface area contributed by atoms with Gasteiger partial charge in [0.25, 0.3) is 0 Å². The first-order valence-corrected chi connectivity index (χ1v) is 5.25. The lowest BCUT2D eigenvalue weighted by Gasteiger charge is -2.21. The second kappa shape index (κ2) is 4.05. The van der Waals surface area contributed by atoms with Gasteiger partial charge in [-0.1, -0.05) is 29.8 Å².